The van der Waals surface area contributed by atoms with Gasteiger partial charge in [0, 0.05) is 4.47 Å². The SMILES string of the molecule is Cc1cc(C(NN)c2ccc(C(C)(C)C)cc2)ccc1Br. The summed E-state index contributed by atoms with van der Waals surface area (Å²) in [5, 5.41) is 0. The van der Waals surface area contributed by atoms with Crippen molar-refractivity contribution < 1.29 is 0 Å². The number of rotatable bonds is 3. The molecule has 2 aromatic rings. The van der Waals surface area contributed by atoms with Gasteiger partial charge in [-0.15, -0.1) is 0 Å². The van der Waals surface area contributed by atoms with Gasteiger partial charge in [-0.2, -0.15) is 0 Å². The lowest BCUT2D eigenvalue weighted by Gasteiger charge is -2.22. The van der Waals surface area contributed by atoms with Gasteiger partial charge in [0.05, 0.1) is 6.04 Å². The molecule has 112 valence electrons. The molecule has 2 rings (SSSR count). The first-order valence-corrected chi connectivity index (χ1v) is 7.95. The molecule has 0 aliphatic heterocycles. The molecule has 3 heteroatoms. The molecule has 0 heterocycles. The number of benzene rings is 2. The maximum Gasteiger partial charge on any atom is 0.0710 e. The molecule has 0 aliphatic rings. The highest BCUT2D eigenvalue weighted by atomic mass is 79.9. The predicted octanol–water partition coefficient (Wildman–Crippen LogP) is 4.61. The minimum Gasteiger partial charge on any atom is -0.271 e. The third kappa shape index (κ3) is 3.73. The quantitative estimate of drug-likeness (QED) is 0.629. The van der Waals surface area contributed by atoms with E-state index in [4.69, 9.17) is 5.84 Å². The number of nitrogens with two attached hydrogens (primary N) is 1. The van der Waals surface area contributed by atoms with E-state index in [0.29, 0.717) is 0 Å². The van der Waals surface area contributed by atoms with Gasteiger partial charge in [-0.3, -0.25) is 5.84 Å². The summed E-state index contributed by atoms with van der Waals surface area (Å²) >= 11 is 3.54. The lowest BCUT2D eigenvalue weighted by Crippen LogP contribution is -2.29. The lowest BCUT2D eigenvalue weighted by atomic mass is 9.86. The van der Waals surface area contributed by atoms with Crippen molar-refractivity contribution in [1.82, 2.24) is 5.43 Å². The number of halogens is 1. The van der Waals surface area contributed by atoms with Crippen LogP contribution in [0.25, 0.3) is 0 Å². The van der Waals surface area contributed by atoms with Crippen LogP contribution in [0.1, 0.15) is 49.1 Å². The first-order chi connectivity index (χ1) is 9.82. The van der Waals surface area contributed by atoms with Crippen molar-refractivity contribution in [1.29, 1.82) is 0 Å². The average molecular weight is 347 g/mol. The third-order valence-corrected chi connectivity index (χ3v) is 4.68. The van der Waals surface area contributed by atoms with Crippen LogP contribution in [0.3, 0.4) is 0 Å². The minimum absolute atomic E-state index is 0.00539. The van der Waals surface area contributed by atoms with Gasteiger partial charge in [-0.25, -0.2) is 5.43 Å². The Morgan fingerprint density at radius 2 is 1.57 bits per heavy atom. The molecule has 0 aliphatic carbocycles. The van der Waals surface area contributed by atoms with Crippen molar-refractivity contribution in [3.63, 3.8) is 0 Å². The van der Waals surface area contributed by atoms with Crippen LogP contribution in [-0.4, -0.2) is 0 Å². The Kier molecular flexibility index (Phi) is 4.87. The van der Waals surface area contributed by atoms with Crippen LogP contribution in [0.4, 0.5) is 0 Å². The van der Waals surface area contributed by atoms with E-state index in [1.165, 1.54) is 22.3 Å². The second-order valence-corrected chi connectivity index (χ2v) is 7.33. The van der Waals surface area contributed by atoms with Crippen LogP contribution in [0, 0.1) is 6.92 Å². The van der Waals surface area contributed by atoms with Crippen LogP contribution in [0.5, 0.6) is 0 Å². The zero-order chi connectivity index (χ0) is 15.6. The molecule has 0 radical (unpaired) electrons. The maximum atomic E-state index is 5.79. The number of hydrogen-bond acceptors (Lipinski definition) is 2. The van der Waals surface area contributed by atoms with E-state index < -0.39 is 0 Å². The summed E-state index contributed by atoms with van der Waals surface area (Å²) in [5.74, 6) is 5.79. The average Bonchev–Trinajstić information content (AvgIpc) is 2.43. The molecule has 2 nitrogen and oxygen atoms in total. The number of hydrazine groups is 1. The Hall–Kier alpha value is -1.16. The lowest BCUT2D eigenvalue weighted by molar-refractivity contribution is 0.588. The standard InChI is InChI=1S/C18H23BrN2/c1-12-11-14(7-10-16(12)19)17(21-20)13-5-8-15(9-6-13)18(2,3)4/h5-11,17,21H,20H2,1-4H3. The van der Waals surface area contributed by atoms with E-state index in [2.05, 4.69) is 91.5 Å². The van der Waals surface area contributed by atoms with Crippen LogP contribution >= 0.6 is 15.9 Å². The highest BCUT2D eigenvalue weighted by molar-refractivity contribution is 9.10. The fraction of sp³-hybridized carbons (Fsp3) is 0.333. The smallest absolute Gasteiger partial charge is 0.0710 e. The fourth-order valence-corrected chi connectivity index (χ4v) is 2.65. The monoisotopic (exact) mass is 346 g/mol. The van der Waals surface area contributed by atoms with Crippen molar-refractivity contribution in [2.75, 3.05) is 0 Å². The normalized spacial score (nSPS) is 13.2. The Morgan fingerprint density at radius 1 is 1.00 bits per heavy atom. The van der Waals surface area contributed by atoms with Gasteiger partial charge in [0.2, 0.25) is 0 Å². The molecule has 0 fully saturated rings. The molecule has 0 saturated heterocycles. The van der Waals surface area contributed by atoms with Crippen LogP contribution in [0.2, 0.25) is 0 Å². The van der Waals surface area contributed by atoms with Crippen molar-refractivity contribution in [3.8, 4) is 0 Å². The molecule has 3 N–H and O–H groups in total. The van der Waals surface area contributed by atoms with Gasteiger partial charge < -0.3 is 0 Å². The third-order valence-electron chi connectivity index (χ3n) is 3.79. The molecule has 0 bridgehead atoms. The molecule has 21 heavy (non-hydrogen) atoms. The zero-order valence-electron chi connectivity index (χ0n) is 13.1. The van der Waals surface area contributed by atoms with E-state index in [1.54, 1.807) is 0 Å². The van der Waals surface area contributed by atoms with E-state index in [0.717, 1.165) is 4.47 Å². The topological polar surface area (TPSA) is 38.0 Å². The first-order valence-electron chi connectivity index (χ1n) is 7.15. The second-order valence-electron chi connectivity index (χ2n) is 6.48. The summed E-state index contributed by atoms with van der Waals surface area (Å²) in [7, 11) is 0. The van der Waals surface area contributed by atoms with Gasteiger partial charge in [-0.05, 0) is 40.7 Å². The van der Waals surface area contributed by atoms with Crippen molar-refractivity contribution in [2.24, 2.45) is 5.84 Å². The zero-order valence-corrected chi connectivity index (χ0v) is 14.7. The summed E-state index contributed by atoms with van der Waals surface area (Å²) in [6.07, 6.45) is 0. The van der Waals surface area contributed by atoms with Crippen molar-refractivity contribution in [3.05, 3.63) is 69.2 Å². The van der Waals surface area contributed by atoms with Crippen LogP contribution < -0.4 is 11.3 Å². The molecule has 0 spiro atoms. The van der Waals surface area contributed by atoms with E-state index >= 15 is 0 Å². The summed E-state index contributed by atoms with van der Waals surface area (Å²) in [5.41, 5.74) is 7.97. The summed E-state index contributed by atoms with van der Waals surface area (Å²) < 4.78 is 1.12. The summed E-state index contributed by atoms with van der Waals surface area (Å²) in [6.45, 7) is 8.75. The molecule has 0 saturated carbocycles. The Morgan fingerprint density at radius 3 is 2.05 bits per heavy atom. The van der Waals surface area contributed by atoms with Crippen molar-refractivity contribution in [2.45, 2.75) is 39.2 Å². The molecule has 1 atom stereocenters. The van der Waals surface area contributed by atoms with Gasteiger partial charge >= 0.3 is 0 Å². The van der Waals surface area contributed by atoms with E-state index in [1.807, 2.05) is 0 Å². The van der Waals surface area contributed by atoms with Gasteiger partial charge in [0.1, 0.15) is 0 Å². The Bertz CT molecular complexity index is 612. The number of aryl methyl sites for hydroxylation is 1. The molecule has 0 amide bonds. The number of hydrogen-bond donors (Lipinski definition) is 2. The van der Waals surface area contributed by atoms with Gasteiger partial charge in [0.25, 0.3) is 0 Å². The summed E-state index contributed by atoms with van der Waals surface area (Å²) in [6, 6.07) is 15.0. The molecular formula is C18H23BrN2. The largest absolute Gasteiger partial charge is 0.271 e. The highest BCUT2D eigenvalue weighted by Gasteiger charge is 2.16. The van der Waals surface area contributed by atoms with Crippen molar-refractivity contribution >= 4 is 15.9 Å². The molecule has 1 unspecified atom stereocenters. The Labute approximate surface area is 135 Å². The fourth-order valence-electron chi connectivity index (χ4n) is 2.41. The first kappa shape index (κ1) is 16.2. The Balaban J connectivity index is 2.35. The molecule has 0 aromatic heterocycles. The molecule has 2 aromatic carbocycles. The van der Waals surface area contributed by atoms with Gasteiger partial charge in [-0.1, -0.05) is 73.1 Å². The second kappa shape index (κ2) is 6.30. The van der Waals surface area contributed by atoms with E-state index in [9.17, 15) is 0 Å². The van der Waals surface area contributed by atoms with Crippen LogP contribution in [0.15, 0.2) is 46.9 Å². The maximum absolute atomic E-state index is 5.79. The minimum atomic E-state index is 0.00539. The number of nitrogens with one attached hydrogen (secondary N) is 1. The highest BCUT2D eigenvalue weighted by Crippen LogP contribution is 2.28. The summed E-state index contributed by atoms with van der Waals surface area (Å²) in [4.78, 5) is 0. The van der Waals surface area contributed by atoms with Crippen LogP contribution in [-0.2, 0) is 5.41 Å². The molecular weight excluding hydrogens is 324 g/mol. The van der Waals surface area contributed by atoms with E-state index in [-0.39, 0.29) is 11.5 Å². The predicted molar refractivity (Wildman–Crippen MR) is 93.2 cm³/mol. The van der Waals surface area contributed by atoms with Gasteiger partial charge in [0.15, 0.2) is 0 Å².